The van der Waals surface area contributed by atoms with E-state index in [4.69, 9.17) is 11.1 Å². The number of nitriles is 1. The van der Waals surface area contributed by atoms with Gasteiger partial charge in [-0.1, -0.05) is 6.07 Å². The number of halogens is 1. The maximum Gasteiger partial charge on any atom is 0.255 e. The number of nitrogen functional groups attached to an aromatic ring is 1. The minimum absolute atomic E-state index is 0.110. The van der Waals surface area contributed by atoms with E-state index in [1.165, 1.54) is 18.2 Å². The van der Waals surface area contributed by atoms with Crippen LogP contribution < -0.4 is 16.6 Å². The molecule has 2 rings (SSSR count). The summed E-state index contributed by atoms with van der Waals surface area (Å²) < 4.78 is 13.5. The molecule has 0 bridgehead atoms. The first-order valence-corrected chi connectivity index (χ1v) is 6.00. The van der Waals surface area contributed by atoms with Crippen molar-refractivity contribution in [3.05, 3.63) is 53.0 Å². The predicted molar refractivity (Wildman–Crippen MR) is 75.9 cm³/mol. The van der Waals surface area contributed by atoms with E-state index in [0.29, 0.717) is 17.1 Å². The number of hydrazine groups is 1. The van der Waals surface area contributed by atoms with Crippen molar-refractivity contribution in [1.82, 2.24) is 4.98 Å². The van der Waals surface area contributed by atoms with Crippen molar-refractivity contribution in [2.75, 3.05) is 10.7 Å². The van der Waals surface area contributed by atoms with Crippen LogP contribution in [-0.4, -0.2) is 10.9 Å². The third-order valence-corrected chi connectivity index (χ3v) is 2.74. The number of hydrogen-bond donors (Lipinski definition) is 3. The smallest absolute Gasteiger partial charge is 0.255 e. The van der Waals surface area contributed by atoms with Gasteiger partial charge in [-0.3, -0.25) is 4.79 Å². The molecule has 1 heterocycles. The number of nitrogens with one attached hydrogen (secondary N) is 2. The van der Waals surface area contributed by atoms with E-state index in [0.717, 1.165) is 6.07 Å². The van der Waals surface area contributed by atoms with Gasteiger partial charge in [0.2, 0.25) is 0 Å². The van der Waals surface area contributed by atoms with Gasteiger partial charge < -0.3 is 10.7 Å². The van der Waals surface area contributed by atoms with Crippen molar-refractivity contribution >= 4 is 17.4 Å². The molecule has 106 valence electrons. The Hall–Kier alpha value is -2.98. The fourth-order valence-electron chi connectivity index (χ4n) is 1.81. The number of nitrogens with two attached hydrogens (primary N) is 1. The first-order valence-electron chi connectivity index (χ1n) is 6.00. The van der Waals surface area contributed by atoms with Crippen molar-refractivity contribution in [2.24, 2.45) is 5.84 Å². The van der Waals surface area contributed by atoms with Crippen LogP contribution in [-0.2, 0) is 0 Å². The van der Waals surface area contributed by atoms with Gasteiger partial charge in [0.05, 0.1) is 5.69 Å². The van der Waals surface area contributed by atoms with Crippen molar-refractivity contribution in [3.63, 3.8) is 0 Å². The highest BCUT2D eigenvalue weighted by molar-refractivity contribution is 6.05. The highest BCUT2D eigenvalue weighted by Gasteiger charge is 2.13. The molecule has 0 spiro atoms. The SMILES string of the molecule is Cc1cc(C(=O)Nc2cccc(F)c2C#N)cc(NN)n1. The van der Waals surface area contributed by atoms with Crippen LogP contribution in [0.2, 0.25) is 0 Å². The molecule has 2 aromatic rings. The standard InChI is InChI=1S/C14H12FN5O/c1-8-5-9(6-13(18-8)20-17)14(21)19-12-4-2-3-11(15)10(12)7-16/h2-6H,17H2,1H3,(H,18,20)(H,19,21). The molecule has 1 aromatic heterocycles. The normalized spacial score (nSPS) is 9.81. The summed E-state index contributed by atoms with van der Waals surface area (Å²) in [6.45, 7) is 1.71. The van der Waals surface area contributed by atoms with Gasteiger partial charge in [0.15, 0.2) is 0 Å². The Labute approximate surface area is 120 Å². The Balaban J connectivity index is 2.33. The Morgan fingerprint density at radius 1 is 1.43 bits per heavy atom. The van der Waals surface area contributed by atoms with Crippen LogP contribution in [0.25, 0.3) is 0 Å². The molecule has 0 saturated heterocycles. The quantitative estimate of drug-likeness (QED) is 0.590. The second kappa shape index (κ2) is 5.98. The molecule has 0 radical (unpaired) electrons. The van der Waals surface area contributed by atoms with Crippen molar-refractivity contribution in [2.45, 2.75) is 6.92 Å². The summed E-state index contributed by atoms with van der Waals surface area (Å²) in [6, 6.07) is 8.75. The van der Waals surface area contributed by atoms with Crippen molar-refractivity contribution < 1.29 is 9.18 Å². The molecule has 0 atom stereocenters. The summed E-state index contributed by atoms with van der Waals surface area (Å²) in [5.41, 5.74) is 3.14. The average molecular weight is 285 g/mol. The monoisotopic (exact) mass is 285 g/mol. The van der Waals surface area contributed by atoms with Crippen LogP contribution in [0.1, 0.15) is 21.6 Å². The molecule has 1 amide bonds. The fraction of sp³-hybridized carbons (Fsp3) is 0.0714. The molecule has 0 aliphatic heterocycles. The summed E-state index contributed by atoms with van der Waals surface area (Å²) in [7, 11) is 0. The van der Waals surface area contributed by atoms with E-state index < -0.39 is 11.7 Å². The van der Waals surface area contributed by atoms with Gasteiger partial charge in [0, 0.05) is 11.3 Å². The Kier molecular flexibility index (Phi) is 4.11. The van der Waals surface area contributed by atoms with Crippen LogP contribution in [0.15, 0.2) is 30.3 Å². The van der Waals surface area contributed by atoms with Gasteiger partial charge >= 0.3 is 0 Å². The van der Waals surface area contributed by atoms with Crippen LogP contribution in [0, 0.1) is 24.1 Å². The van der Waals surface area contributed by atoms with E-state index in [9.17, 15) is 9.18 Å². The van der Waals surface area contributed by atoms with Crippen LogP contribution in [0.3, 0.4) is 0 Å². The zero-order valence-corrected chi connectivity index (χ0v) is 11.1. The molecular weight excluding hydrogens is 273 g/mol. The number of aromatic nitrogens is 1. The number of anilines is 2. The number of pyridine rings is 1. The Bertz CT molecular complexity index is 739. The lowest BCUT2D eigenvalue weighted by Crippen LogP contribution is -2.16. The molecule has 1 aromatic carbocycles. The second-order valence-electron chi connectivity index (χ2n) is 4.26. The van der Waals surface area contributed by atoms with Gasteiger partial charge in [0.25, 0.3) is 5.91 Å². The van der Waals surface area contributed by atoms with Crippen LogP contribution in [0.5, 0.6) is 0 Å². The van der Waals surface area contributed by atoms with Crippen molar-refractivity contribution in [1.29, 1.82) is 5.26 Å². The molecule has 21 heavy (non-hydrogen) atoms. The Morgan fingerprint density at radius 2 is 2.19 bits per heavy atom. The molecule has 0 fully saturated rings. The number of benzene rings is 1. The summed E-state index contributed by atoms with van der Waals surface area (Å²) in [6.07, 6.45) is 0. The maximum atomic E-state index is 13.5. The van der Waals surface area contributed by atoms with Gasteiger partial charge in [-0.2, -0.15) is 5.26 Å². The van der Waals surface area contributed by atoms with Gasteiger partial charge in [-0.25, -0.2) is 15.2 Å². The number of amides is 1. The molecule has 0 aliphatic rings. The summed E-state index contributed by atoms with van der Waals surface area (Å²) in [4.78, 5) is 16.2. The summed E-state index contributed by atoms with van der Waals surface area (Å²) in [5, 5.41) is 11.4. The van der Waals surface area contributed by atoms with E-state index in [-0.39, 0.29) is 11.3 Å². The van der Waals surface area contributed by atoms with Crippen LogP contribution in [0.4, 0.5) is 15.9 Å². The molecule has 0 aliphatic carbocycles. The highest BCUT2D eigenvalue weighted by atomic mass is 19.1. The number of carbonyl (C=O) groups is 1. The number of nitrogens with zero attached hydrogens (tertiary/aromatic N) is 2. The van der Waals surface area contributed by atoms with Gasteiger partial charge in [-0.05, 0) is 31.2 Å². The zero-order valence-electron chi connectivity index (χ0n) is 11.1. The van der Waals surface area contributed by atoms with E-state index in [2.05, 4.69) is 15.7 Å². The molecule has 0 unspecified atom stereocenters. The van der Waals surface area contributed by atoms with Crippen molar-refractivity contribution in [3.8, 4) is 6.07 Å². The minimum atomic E-state index is -0.689. The van der Waals surface area contributed by atoms with Gasteiger partial charge in [-0.15, -0.1) is 0 Å². The highest BCUT2D eigenvalue weighted by Crippen LogP contribution is 2.19. The summed E-state index contributed by atoms with van der Waals surface area (Å²) >= 11 is 0. The lowest BCUT2D eigenvalue weighted by Gasteiger charge is -2.09. The predicted octanol–water partition coefficient (Wildman–Crippen LogP) is 1.94. The second-order valence-corrected chi connectivity index (χ2v) is 4.26. The average Bonchev–Trinajstić information content (AvgIpc) is 2.46. The maximum absolute atomic E-state index is 13.5. The third-order valence-electron chi connectivity index (χ3n) is 2.74. The topological polar surface area (TPSA) is 104 Å². The van der Waals surface area contributed by atoms with E-state index in [1.807, 2.05) is 0 Å². The molecule has 4 N–H and O–H groups in total. The van der Waals surface area contributed by atoms with Gasteiger partial charge in [0.1, 0.15) is 23.3 Å². The molecule has 7 heteroatoms. The minimum Gasteiger partial charge on any atom is -0.321 e. The molecule has 6 nitrogen and oxygen atoms in total. The molecular formula is C14H12FN5O. The van der Waals surface area contributed by atoms with E-state index in [1.54, 1.807) is 19.1 Å². The largest absolute Gasteiger partial charge is 0.321 e. The first-order chi connectivity index (χ1) is 10.0. The first kappa shape index (κ1) is 14.4. The fourth-order valence-corrected chi connectivity index (χ4v) is 1.81. The lowest BCUT2D eigenvalue weighted by atomic mass is 10.1. The Morgan fingerprint density at radius 3 is 2.86 bits per heavy atom. The number of hydrogen-bond acceptors (Lipinski definition) is 5. The lowest BCUT2D eigenvalue weighted by molar-refractivity contribution is 0.102. The number of rotatable bonds is 3. The third kappa shape index (κ3) is 3.13. The number of aryl methyl sites for hydroxylation is 1. The summed E-state index contributed by atoms with van der Waals surface area (Å²) in [5.74, 6) is 4.43. The van der Waals surface area contributed by atoms with Crippen LogP contribution >= 0.6 is 0 Å². The number of carbonyl (C=O) groups excluding carboxylic acids is 1. The van der Waals surface area contributed by atoms with E-state index >= 15 is 0 Å². The molecule has 0 saturated carbocycles. The zero-order chi connectivity index (χ0) is 15.4.